The van der Waals surface area contributed by atoms with Crippen molar-refractivity contribution in [3.8, 4) is 0 Å². The molecule has 2 atom stereocenters. The van der Waals surface area contributed by atoms with Crippen LogP contribution >= 0.6 is 22.6 Å². The predicted octanol–water partition coefficient (Wildman–Crippen LogP) is 6.39. The molecule has 4 rings (SSSR count). The van der Waals surface area contributed by atoms with Crippen molar-refractivity contribution in [2.24, 2.45) is 17.3 Å². The van der Waals surface area contributed by atoms with Crippen molar-refractivity contribution in [3.63, 3.8) is 0 Å². The first kappa shape index (κ1) is 14.7. The number of benzene rings is 1. The van der Waals surface area contributed by atoms with E-state index in [0.29, 0.717) is 5.41 Å². The standard InChI is InChI=1S/C21H23I/c1-21(2)19-6-4-3-5-17(19)18-12-9-15(13-20(18)21)14-7-10-16(22)11-8-14/h4,6-11,18,20H,3,5,12-13H2,1-2H3. The van der Waals surface area contributed by atoms with Crippen LogP contribution in [0, 0.1) is 20.8 Å². The van der Waals surface area contributed by atoms with Crippen molar-refractivity contribution in [2.45, 2.75) is 39.5 Å². The molecule has 0 radical (unpaired) electrons. The van der Waals surface area contributed by atoms with Gasteiger partial charge in [-0.25, -0.2) is 0 Å². The quantitative estimate of drug-likeness (QED) is 0.478. The highest BCUT2D eigenvalue weighted by Gasteiger charge is 2.47. The van der Waals surface area contributed by atoms with Crippen molar-refractivity contribution in [1.82, 2.24) is 0 Å². The molecule has 1 aromatic carbocycles. The van der Waals surface area contributed by atoms with E-state index in [-0.39, 0.29) is 0 Å². The summed E-state index contributed by atoms with van der Waals surface area (Å²) in [6, 6.07) is 9.05. The van der Waals surface area contributed by atoms with Crippen LogP contribution in [0.4, 0.5) is 0 Å². The van der Waals surface area contributed by atoms with Gasteiger partial charge in [0.2, 0.25) is 0 Å². The molecule has 0 N–H and O–H groups in total. The first-order chi connectivity index (χ1) is 10.6. The van der Waals surface area contributed by atoms with Gasteiger partial charge in [-0.2, -0.15) is 0 Å². The Hall–Kier alpha value is -0.830. The molecule has 0 spiro atoms. The van der Waals surface area contributed by atoms with Gasteiger partial charge in [-0.15, -0.1) is 0 Å². The van der Waals surface area contributed by atoms with Gasteiger partial charge in [-0.1, -0.05) is 49.8 Å². The van der Waals surface area contributed by atoms with Crippen LogP contribution < -0.4 is 0 Å². The maximum absolute atomic E-state index is 2.52. The van der Waals surface area contributed by atoms with Gasteiger partial charge in [-0.3, -0.25) is 0 Å². The summed E-state index contributed by atoms with van der Waals surface area (Å²) < 4.78 is 1.32. The van der Waals surface area contributed by atoms with E-state index in [1.807, 2.05) is 0 Å². The van der Waals surface area contributed by atoms with Crippen LogP contribution in [0.1, 0.15) is 45.1 Å². The van der Waals surface area contributed by atoms with Gasteiger partial charge in [0.25, 0.3) is 0 Å². The van der Waals surface area contributed by atoms with Crippen molar-refractivity contribution in [2.75, 3.05) is 0 Å². The third kappa shape index (κ3) is 2.24. The van der Waals surface area contributed by atoms with E-state index in [4.69, 9.17) is 0 Å². The van der Waals surface area contributed by atoms with Crippen LogP contribution in [-0.4, -0.2) is 0 Å². The lowest BCUT2D eigenvalue weighted by Crippen LogP contribution is -2.27. The zero-order chi connectivity index (χ0) is 15.3. The molecular weight excluding hydrogens is 379 g/mol. The van der Waals surface area contributed by atoms with Crippen LogP contribution in [0.2, 0.25) is 0 Å². The summed E-state index contributed by atoms with van der Waals surface area (Å²) in [7, 11) is 0. The second-order valence-corrected chi connectivity index (χ2v) is 8.74. The van der Waals surface area contributed by atoms with Gasteiger partial charge >= 0.3 is 0 Å². The summed E-state index contributed by atoms with van der Waals surface area (Å²) in [4.78, 5) is 0. The summed E-state index contributed by atoms with van der Waals surface area (Å²) in [6.07, 6.45) is 12.3. The molecule has 0 amide bonds. The SMILES string of the molecule is CC1(C)C2=C(CCC=C2)C2CC=C(c3ccc(I)cc3)CC21. The van der Waals surface area contributed by atoms with Crippen LogP contribution in [0.3, 0.4) is 0 Å². The first-order valence-electron chi connectivity index (χ1n) is 8.42. The highest BCUT2D eigenvalue weighted by molar-refractivity contribution is 14.1. The Morgan fingerprint density at radius 2 is 1.91 bits per heavy atom. The summed E-state index contributed by atoms with van der Waals surface area (Å²) in [6.45, 7) is 4.94. The highest BCUT2D eigenvalue weighted by Crippen LogP contribution is 2.58. The van der Waals surface area contributed by atoms with Crippen LogP contribution in [0.5, 0.6) is 0 Å². The third-order valence-electron chi connectivity index (χ3n) is 6.04. The van der Waals surface area contributed by atoms with Crippen molar-refractivity contribution < 1.29 is 0 Å². The molecule has 3 aliphatic carbocycles. The van der Waals surface area contributed by atoms with Crippen LogP contribution in [-0.2, 0) is 0 Å². The summed E-state index contributed by atoms with van der Waals surface area (Å²) in [5, 5.41) is 0. The fraction of sp³-hybridized carbons (Fsp3) is 0.429. The number of fused-ring (bicyclic) bond motifs is 2. The lowest BCUT2D eigenvalue weighted by molar-refractivity contribution is 0.234. The highest BCUT2D eigenvalue weighted by atomic mass is 127. The zero-order valence-corrected chi connectivity index (χ0v) is 15.6. The summed E-state index contributed by atoms with van der Waals surface area (Å²) >= 11 is 2.39. The summed E-state index contributed by atoms with van der Waals surface area (Å²) in [5.41, 5.74) is 6.76. The normalized spacial score (nSPS) is 29.1. The van der Waals surface area contributed by atoms with E-state index in [0.717, 1.165) is 11.8 Å². The smallest absolute Gasteiger partial charge is 0.0130 e. The largest absolute Gasteiger partial charge is 0.0839 e. The number of allylic oxidation sites excluding steroid dienone is 6. The molecule has 0 bridgehead atoms. The minimum Gasteiger partial charge on any atom is -0.0839 e. The number of rotatable bonds is 1. The monoisotopic (exact) mass is 402 g/mol. The lowest BCUT2D eigenvalue weighted by atomic mass is 9.68. The molecule has 1 heteroatoms. The number of halogens is 1. The first-order valence-corrected chi connectivity index (χ1v) is 9.50. The number of hydrogen-bond donors (Lipinski definition) is 0. The Morgan fingerprint density at radius 1 is 1.14 bits per heavy atom. The van der Waals surface area contributed by atoms with Gasteiger partial charge < -0.3 is 0 Å². The predicted molar refractivity (Wildman–Crippen MR) is 103 cm³/mol. The molecule has 22 heavy (non-hydrogen) atoms. The fourth-order valence-corrected chi connectivity index (χ4v) is 5.19. The minimum atomic E-state index is 0.333. The van der Waals surface area contributed by atoms with E-state index >= 15 is 0 Å². The van der Waals surface area contributed by atoms with Gasteiger partial charge in [0, 0.05) is 3.57 Å². The van der Waals surface area contributed by atoms with Gasteiger partial charge in [0.05, 0.1) is 0 Å². The minimum absolute atomic E-state index is 0.333. The Kier molecular flexibility index (Phi) is 3.60. The average molecular weight is 402 g/mol. The van der Waals surface area contributed by atoms with Crippen molar-refractivity contribution in [3.05, 3.63) is 62.8 Å². The van der Waals surface area contributed by atoms with Crippen LogP contribution in [0.15, 0.2) is 53.6 Å². The maximum Gasteiger partial charge on any atom is 0.0130 e. The molecule has 114 valence electrons. The molecule has 0 fully saturated rings. The average Bonchev–Trinajstić information content (AvgIpc) is 2.77. The summed E-state index contributed by atoms with van der Waals surface area (Å²) in [5.74, 6) is 1.57. The molecule has 0 aromatic heterocycles. The Bertz CT molecular complexity index is 685. The molecule has 0 saturated heterocycles. The Morgan fingerprint density at radius 3 is 2.68 bits per heavy atom. The molecule has 3 aliphatic rings. The third-order valence-corrected chi connectivity index (χ3v) is 6.76. The molecule has 1 aromatic rings. The second kappa shape index (κ2) is 5.36. The van der Waals surface area contributed by atoms with Gasteiger partial charge in [0.15, 0.2) is 0 Å². The molecule has 0 aliphatic heterocycles. The van der Waals surface area contributed by atoms with E-state index < -0.39 is 0 Å². The van der Waals surface area contributed by atoms with E-state index in [9.17, 15) is 0 Å². The zero-order valence-electron chi connectivity index (χ0n) is 13.4. The van der Waals surface area contributed by atoms with E-state index in [1.165, 1.54) is 34.8 Å². The van der Waals surface area contributed by atoms with E-state index in [1.54, 1.807) is 16.7 Å². The second-order valence-electron chi connectivity index (χ2n) is 7.49. The van der Waals surface area contributed by atoms with Gasteiger partial charge in [-0.05, 0) is 94.4 Å². The molecule has 0 heterocycles. The lowest BCUT2D eigenvalue weighted by Gasteiger charge is -2.36. The van der Waals surface area contributed by atoms with Gasteiger partial charge in [0.1, 0.15) is 0 Å². The van der Waals surface area contributed by atoms with Crippen LogP contribution in [0.25, 0.3) is 5.57 Å². The Labute approximate surface area is 147 Å². The molecular formula is C21H23I. The Balaban J connectivity index is 1.67. The van der Waals surface area contributed by atoms with E-state index in [2.05, 4.69) is 78.9 Å². The van der Waals surface area contributed by atoms with Crippen molar-refractivity contribution in [1.29, 1.82) is 0 Å². The molecule has 0 nitrogen and oxygen atoms in total. The van der Waals surface area contributed by atoms with Crippen molar-refractivity contribution >= 4 is 28.2 Å². The maximum atomic E-state index is 2.52. The molecule has 0 saturated carbocycles. The fourth-order valence-electron chi connectivity index (χ4n) is 4.83. The number of hydrogen-bond acceptors (Lipinski definition) is 0. The topological polar surface area (TPSA) is 0 Å². The molecule has 2 unspecified atom stereocenters.